The minimum Gasteiger partial charge on any atom is -0.497 e. The van der Waals surface area contributed by atoms with Crippen molar-refractivity contribution < 1.29 is 19.0 Å². The van der Waals surface area contributed by atoms with Crippen molar-refractivity contribution in [2.24, 2.45) is 0 Å². The lowest BCUT2D eigenvalue weighted by atomic mass is 9.89. The monoisotopic (exact) mass is 404 g/mol. The Labute approximate surface area is 178 Å². The van der Waals surface area contributed by atoms with E-state index in [1.807, 2.05) is 56.3 Å². The largest absolute Gasteiger partial charge is 0.497 e. The van der Waals surface area contributed by atoms with Gasteiger partial charge < -0.3 is 14.2 Å². The normalized spacial score (nSPS) is 18.6. The molecule has 4 heteroatoms. The van der Waals surface area contributed by atoms with E-state index in [1.165, 1.54) is 5.57 Å². The summed E-state index contributed by atoms with van der Waals surface area (Å²) < 4.78 is 18.0. The summed E-state index contributed by atoms with van der Waals surface area (Å²) in [6.07, 6.45) is 6.92. The van der Waals surface area contributed by atoms with Crippen molar-refractivity contribution in [2.75, 3.05) is 7.11 Å². The Kier molecular flexibility index (Phi) is 5.19. The molecule has 2 aromatic carbocycles. The molecule has 0 aromatic heterocycles. The second kappa shape index (κ2) is 7.67. The first-order valence-corrected chi connectivity index (χ1v) is 10.3. The van der Waals surface area contributed by atoms with E-state index >= 15 is 0 Å². The number of carbonyl (C=O) groups is 1. The van der Waals surface area contributed by atoms with Gasteiger partial charge in [-0.3, -0.25) is 4.79 Å². The number of benzene rings is 2. The van der Waals surface area contributed by atoms with Crippen molar-refractivity contribution in [3.05, 3.63) is 70.3 Å². The molecule has 4 rings (SSSR count). The first kappa shape index (κ1) is 20.3. The molecule has 0 saturated heterocycles. The lowest BCUT2D eigenvalue weighted by Gasteiger charge is -2.34. The third kappa shape index (κ3) is 3.87. The van der Waals surface area contributed by atoms with Crippen LogP contribution >= 0.6 is 0 Å². The van der Waals surface area contributed by atoms with Crippen LogP contribution in [-0.4, -0.2) is 18.5 Å². The van der Waals surface area contributed by atoms with Gasteiger partial charge in [-0.15, -0.1) is 0 Å². The fraction of sp³-hybridized carbons (Fsp3) is 0.346. The number of methoxy groups -OCH3 is 1. The Morgan fingerprint density at radius 1 is 1.20 bits per heavy atom. The van der Waals surface area contributed by atoms with Crippen LogP contribution in [0.4, 0.5) is 0 Å². The number of ether oxygens (including phenoxy) is 3. The maximum Gasteiger partial charge on any atom is 0.170 e. The first-order valence-electron chi connectivity index (χ1n) is 10.3. The van der Waals surface area contributed by atoms with Crippen LogP contribution < -0.4 is 14.2 Å². The van der Waals surface area contributed by atoms with Gasteiger partial charge in [0.1, 0.15) is 29.0 Å². The average molecular weight is 405 g/mol. The summed E-state index contributed by atoms with van der Waals surface area (Å²) in [6, 6.07) is 9.64. The van der Waals surface area contributed by atoms with Crippen molar-refractivity contribution in [2.45, 2.75) is 52.2 Å². The highest BCUT2D eigenvalue weighted by Crippen LogP contribution is 2.46. The van der Waals surface area contributed by atoms with Crippen LogP contribution in [0, 0.1) is 0 Å². The molecule has 0 spiro atoms. The quantitative estimate of drug-likeness (QED) is 0.578. The first-order chi connectivity index (χ1) is 14.3. The van der Waals surface area contributed by atoms with Crippen molar-refractivity contribution in [3.63, 3.8) is 0 Å². The summed E-state index contributed by atoms with van der Waals surface area (Å²) in [5.74, 6) is 2.30. The molecule has 0 aliphatic carbocycles. The van der Waals surface area contributed by atoms with E-state index in [-0.39, 0.29) is 11.9 Å². The summed E-state index contributed by atoms with van der Waals surface area (Å²) in [6.45, 7) is 8.21. The highest BCUT2D eigenvalue weighted by atomic mass is 16.5. The third-order valence-electron chi connectivity index (χ3n) is 5.51. The maximum atomic E-state index is 13.1. The molecule has 0 bridgehead atoms. The van der Waals surface area contributed by atoms with Gasteiger partial charge in [-0.2, -0.15) is 0 Å². The molecule has 0 fully saturated rings. The lowest BCUT2D eigenvalue weighted by Crippen LogP contribution is -2.29. The molecule has 2 aliphatic heterocycles. The van der Waals surface area contributed by atoms with Crippen molar-refractivity contribution in [1.29, 1.82) is 0 Å². The van der Waals surface area contributed by atoms with Crippen molar-refractivity contribution in [3.8, 4) is 17.2 Å². The summed E-state index contributed by atoms with van der Waals surface area (Å²) in [4.78, 5) is 13.1. The number of ketones is 1. The van der Waals surface area contributed by atoms with Gasteiger partial charge in [-0.05, 0) is 75.6 Å². The molecule has 2 heterocycles. The summed E-state index contributed by atoms with van der Waals surface area (Å²) in [5.41, 5.74) is 4.29. The molecule has 1 atom stereocenters. The van der Waals surface area contributed by atoms with Gasteiger partial charge in [0.2, 0.25) is 0 Å². The van der Waals surface area contributed by atoms with Crippen LogP contribution in [0.1, 0.15) is 67.3 Å². The average Bonchev–Trinajstić information content (AvgIpc) is 2.71. The highest BCUT2D eigenvalue weighted by molar-refractivity contribution is 6.02. The molecule has 0 saturated carbocycles. The van der Waals surface area contributed by atoms with Gasteiger partial charge in [0.15, 0.2) is 5.78 Å². The van der Waals surface area contributed by atoms with E-state index < -0.39 is 5.60 Å². The molecule has 156 valence electrons. The molecular formula is C26H28O4. The van der Waals surface area contributed by atoms with Gasteiger partial charge in [-0.25, -0.2) is 0 Å². The highest BCUT2D eigenvalue weighted by Gasteiger charge is 2.34. The van der Waals surface area contributed by atoms with Crippen LogP contribution in [-0.2, 0) is 6.42 Å². The second-order valence-electron chi connectivity index (χ2n) is 8.69. The topological polar surface area (TPSA) is 44.8 Å². The van der Waals surface area contributed by atoms with Gasteiger partial charge >= 0.3 is 0 Å². The Morgan fingerprint density at radius 3 is 2.60 bits per heavy atom. The molecular weight excluding hydrogens is 376 g/mol. The molecule has 0 amide bonds. The Hall–Kier alpha value is -3.01. The SMILES string of the molecule is COc1ccc(C2CC(=O)c3cc(CC=C(C)C)c4c(c3O2)C=CC(C)(C)O4)cc1. The summed E-state index contributed by atoms with van der Waals surface area (Å²) in [7, 11) is 1.64. The molecule has 30 heavy (non-hydrogen) atoms. The standard InChI is InChI=1S/C26H28O4/c1-16(2)6-7-18-14-21-22(27)15-23(17-8-10-19(28-5)11-9-17)29-25(21)20-12-13-26(3,4)30-24(18)20/h6,8-14,23H,7,15H2,1-5H3. The van der Waals surface area contributed by atoms with E-state index in [9.17, 15) is 4.79 Å². The van der Waals surface area contributed by atoms with Crippen molar-refractivity contribution >= 4 is 11.9 Å². The number of Topliss-reactive ketones (excluding diaryl/α,β-unsaturated/α-hetero) is 1. The molecule has 4 nitrogen and oxygen atoms in total. The molecule has 1 unspecified atom stereocenters. The van der Waals surface area contributed by atoms with Gasteiger partial charge in [0.05, 0.1) is 24.7 Å². The Morgan fingerprint density at radius 2 is 1.93 bits per heavy atom. The van der Waals surface area contributed by atoms with E-state index in [0.29, 0.717) is 17.7 Å². The van der Waals surface area contributed by atoms with Crippen LogP contribution in [0.25, 0.3) is 6.08 Å². The third-order valence-corrected chi connectivity index (χ3v) is 5.51. The van der Waals surface area contributed by atoms with Gasteiger partial charge in [-0.1, -0.05) is 23.8 Å². The van der Waals surface area contributed by atoms with Crippen LogP contribution in [0.2, 0.25) is 0 Å². The fourth-order valence-electron chi connectivity index (χ4n) is 3.85. The number of carbonyl (C=O) groups excluding carboxylic acids is 1. The number of hydrogen-bond donors (Lipinski definition) is 0. The van der Waals surface area contributed by atoms with E-state index in [2.05, 4.69) is 19.9 Å². The zero-order valence-electron chi connectivity index (χ0n) is 18.2. The van der Waals surface area contributed by atoms with Gasteiger partial charge in [0.25, 0.3) is 0 Å². The maximum absolute atomic E-state index is 13.1. The Balaban J connectivity index is 1.78. The number of fused-ring (bicyclic) bond motifs is 3. The van der Waals surface area contributed by atoms with E-state index in [4.69, 9.17) is 14.2 Å². The zero-order valence-corrected chi connectivity index (χ0v) is 18.2. The van der Waals surface area contributed by atoms with Gasteiger partial charge in [0, 0.05) is 0 Å². The second-order valence-corrected chi connectivity index (χ2v) is 8.69. The number of rotatable bonds is 4. The summed E-state index contributed by atoms with van der Waals surface area (Å²) >= 11 is 0. The minimum absolute atomic E-state index is 0.0940. The van der Waals surface area contributed by atoms with Crippen LogP contribution in [0.15, 0.2) is 48.1 Å². The minimum atomic E-state index is -0.408. The molecule has 0 N–H and O–H groups in total. The predicted octanol–water partition coefficient (Wildman–Crippen LogP) is 6.09. The molecule has 2 aromatic rings. The smallest absolute Gasteiger partial charge is 0.170 e. The van der Waals surface area contributed by atoms with E-state index in [1.54, 1.807) is 7.11 Å². The summed E-state index contributed by atoms with van der Waals surface area (Å²) in [5, 5.41) is 0. The van der Waals surface area contributed by atoms with E-state index in [0.717, 1.165) is 34.6 Å². The van der Waals surface area contributed by atoms with Crippen molar-refractivity contribution in [1.82, 2.24) is 0 Å². The number of allylic oxidation sites excluding steroid dienone is 2. The number of hydrogen-bond acceptors (Lipinski definition) is 4. The lowest BCUT2D eigenvalue weighted by molar-refractivity contribution is 0.0846. The molecule has 0 radical (unpaired) electrons. The fourth-order valence-corrected chi connectivity index (χ4v) is 3.85. The predicted molar refractivity (Wildman–Crippen MR) is 119 cm³/mol. The van der Waals surface area contributed by atoms with Crippen LogP contribution in [0.3, 0.4) is 0 Å². The molecule has 2 aliphatic rings. The zero-order chi connectivity index (χ0) is 21.5. The Bertz CT molecular complexity index is 1040. The van der Waals surface area contributed by atoms with Crippen LogP contribution in [0.5, 0.6) is 17.2 Å².